The number of guanidine groups is 1. The van der Waals surface area contributed by atoms with Gasteiger partial charge in [-0.3, -0.25) is 4.99 Å². The minimum atomic E-state index is 0. The fourth-order valence-corrected chi connectivity index (χ4v) is 2.15. The molecule has 0 bridgehead atoms. The van der Waals surface area contributed by atoms with Crippen molar-refractivity contribution in [3.8, 4) is 6.07 Å². The first kappa shape index (κ1) is 20.2. The third-order valence-electron chi connectivity index (χ3n) is 3.23. The highest BCUT2D eigenvalue weighted by Crippen LogP contribution is 2.05. The summed E-state index contributed by atoms with van der Waals surface area (Å²) >= 11 is 5.76. The summed E-state index contributed by atoms with van der Waals surface area (Å²) in [5, 5.41) is 15.9. The summed E-state index contributed by atoms with van der Waals surface area (Å²) in [4.78, 5) is 8.24. The molecule has 0 aliphatic carbocycles. The molecular formula is C17H19ClIN5. The Morgan fingerprint density at radius 2 is 2.08 bits per heavy atom. The van der Waals surface area contributed by atoms with E-state index in [0.29, 0.717) is 23.2 Å². The van der Waals surface area contributed by atoms with E-state index in [2.05, 4.69) is 26.7 Å². The summed E-state index contributed by atoms with van der Waals surface area (Å²) in [6.07, 6.45) is 2.60. The number of hydrogen-bond acceptors (Lipinski definition) is 3. The second-order valence-corrected chi connectivity index (χ2v) is 5.29. The van der Waals surface area contributed by atoms with Gasteiger partial charge in [0.2, 0.25) is 0 Å². The second kappa shape index (κ2) is 10.8. The second-order valence-electron chi connectivity index (χ2n) is 4.90. The molecule has 24 heavy (non-hydrogen) atoms. The lowest BCUT2D eigenvalue weighted by molar-refractivity contribution is 0.793. The molecule has 2 aromatic rings. The maximum Gasteiger partial charge on any atom is 0.191 e. The predicted octanol–water partition coefficient (Wildman–Crippen LogP) is 3.13. The van der Waals surface area contributed by atoms with Gasteiger partial charge in [-0.2, -0.15) is 5.26 Å². The molecule has 0 radical (unpaired) electrons. The largest absolute Gasteiger partial charge is 0.356 e. The van der Waals surface area contributed by atoms with Crippen molar-refractivity contribution in [3.63, 3.8) is 0 Å². The van der Waals surface area contributed by atoms with Crippen molar-refractivity contribution < 1.29 is 0 Å². The molecule has 7 heteroatoms. The number of nitrogens with one attached hydrogen (secondary N) is 2. The normalized spacial score (nSPS) is 10.5. The summed E-state index contributed by atoms with van der Waals surface area (Å²) in [7, 11) is 1.73. The van der Waals surface area contributed by atoms with Gasteiger partial charge in [-0.15, -0.1) is 24.0 Å². The Balaban J connectivity index is 0.00000288. The Hall–Kier alpha value is -1.85. The number of aliphatic imine (C=N–C) groups is 1. The van der Waals surface area contributed by atoms with Crippen LogP contribution in [0.15, 0.2) is 47.6 Å². The molecule has 0 fully saturated rings. The molecular weight excluding hydrogens is 437 g/mol. The number of nitrogens with zero attached hydrogens (tertiary/aromatic N) is 3. The molecule has 1 aromatic heterocycles. The molecule has 0 unspecified atom stereocenters. The lowest BCUT2D eigenvalue weighted by atomic mass is 10.1. The molecule has 0 aliphatic heterocycles. The highest BCUT2D eigenvalue weighted by molar-refractivity contribution is 14.0. The SMILES string of the molecule is CN=C(NCCc1ccc(Cl)nc1)NCc1cccc(C#N)c1.I. The van der Waals surface area contributed by atoms with Gasteiger partial charge in [0, 0.05) is 26.3 Å². The molecule has 0 atom stereocenters. The molecule has 0 saturated heterocycles. The van der Waals surface area contributed by atoms with Gasteiger partial charge >= 0.3 is 0 Å². The number of halogens is 2. The van der Waals surface area contributed by atoms with Crippen LogP contribution in [0, 0.1) is 11.3 Å². The first-order valence-corrected chi connectivity index (χ1v) is 7.63. The number of aromatic nitrogens is 1. The minimum absolute atomic E-state index is 0. The van der Waals surface area contributed by atoms with E-state index in [-0.39, 0.29) is 24.0 Å². The monoisotopic (exact) mass is 455 g/mol. The van der Waals surface area contributed by atoms with Crippen LogP contribution in [0.5, 0.6) is 0 Å². The average molecular weight is 456 g/mol. The van der Waals surface area contributed by atoms with Crippen LogP contribution in [0.4, 0.5) is 0 Å². The third-order valence-corrected chi connectivity index (χ3v) is 3.46. The summed E-state index contributed by atoms with van der Waals surface area (Å²) in [5.74, 6) is 0.717. The summed E-state index contributed by atoms with van der Waals surface area (Å²) in [6, 6.07) is 13.4. The van der Waals surface area contributed by atoms with Crippen LogP contribution in [0.2, 0.25) is 5.15 Å². The average Bonchev–Trinajstić information content (AvgIpc) is 2.59. The number of pyridine rings is 1. The van der Waals surface area contributed by atoms with Gasteiger partial charge in [-0.25, -0.2) is 4.98 Å². The standard InChI is InChI=1S/C17H18ClN5.HI/c1-20-17(21-8-7-13-5-6-16(18)22-11-13)23-12-15-4-2-3-14(9-15)10-19;/h2-6,9,11H,7-8,12H2,1H3,(H2,20,21,23);1H. The molecule has 2 N–H and O–H groups in total. The van der Waals surface area contributed by atoms with Crippen LogP contribution in [0.25, 0.3) is 0 Å². The predicted molar refractivity (Wildman–Crippen MR) is 108 cm³/mol. The minimum Gasteiger partial charge on any atom is -0.356 e. The molecule has 0 amide bonds. The van der Waals surface area contributed by atoms with Crippen molar-refractivity contribution in [2.75, 3.05) is 13.6 Å². The maximum absolute atomic E-state index is 8.91. The van der Waals surface area contributed by atoms with Gasteiger partial charge in [0.1, 0.15) is 5.15 Å². The van der Waals surface area contributed by atoms with Gasteiger partial charge in [0.05, 0.1) is 11.6 Å². The van der Waals surface area contributed by atoms with E-state index >= 15 is 0 Å². The number of rotatable bonds is 5. The Labute approximate surface area is 164 Å². The van der Waals surface area contributed by atoms with E-state index in [1.54, 1.807) is 25.4 Å². The van der Waals surface area contributed by atoms with E-state index in [0.717, 1.165) is 24.1 Å². The zero-order valence-corrected chi connectivity index (χ0v) is 16.4. The van der Waals surface area contributed by atoms with Gasteiger partial charge in [-0.1, -0.05) is 29.8 Å². The third kappa shape index (κ3) is 6.72. The first-order valence-electron chi connectivity index (χ1n) is 7.25. The van der Waals surface area contributed by atoms with Crippen molar-refractivity contribution in [2.45, 2.75) is 13.0 Å². The molecule has 2 rings (SSSR count). The zero-order valence-electron chi connectivity index (χ0n) is 13.3. The van der Waals surface area contributed by atoms with E-state index in [1.807, 2.05) is 24.3 Å². The molecule has 1 heterocycles. The number of benzene rings is 1. The van der Waals surface area contributed by atoms with Crippen molar-refractivity contribution >= 4 is 41.5 Å². The van der Waals surface area contributed by atoms with Crippen molar-refractivity contribution in [1.29, 1.82) is 5.26 Å². The highest BCUT2D eigenvalue weighted by atomic mass is 127. The van der Waals surface area contributed by atoms with E-state index in [1.165, 1.54) is 0 Å². The van der Waals surface area contributed by atoms with Gasteiger partial charge in [0.15, 0.2) is 5.96 Å². The summed E-state index contributed by atoms with van der Waals surface area (Å²) in [6.45, 7) is 1.35. The lowest BCUT2D eigenvalue weighted by Crippen LogP contribution is -2.37. The fraction of sp³-hybridized carbons (Fsp3) is 0.235. The van der Waals surface area contributed by atoms with Gasteiger partial charge in [0.25, 0.3) is 0 Å². The Morgan fingerprint density at radius 1 is 1.25 bits per heavy atom. The topological polar surface area (TPSA) is 73.1 Å². The molecule has 0 saturated carbocycles. The van der Waals surface area contributed by atoms with Crippen molar-refractivity contribution in [2.24, 2.45) is 4.99 Å². The first-order chi connectivity index (χ1) is 11.2. The van der Waals surface area contributed by atoms with Crippen LogP contribution in [-0.4, -0.2) is 24.5 Å². The molecule has 0 spiro atoms. The van der Waals surface area contributed by atoms with Crippen LogP contribution < -0.4 is 10.6 Å². The summed E-state index contributed by atoms with van der Waals surface area (Å²) in [5.41, 5.74) is 2.80. The molecule has 5 nitrogen and oxygen atoms in total. The molecule has 126 valence electrons. The Morgan fingerprint density at radius 3 is 2.75 bits per heavy atom. The molecule has 1 aromatic carbocycles. The van der Waals surface area contributed by atoms with Gasteiger partial charge in [-0.05, 0) is 35.7 Å². The van der Waals surface area contributed by atoms with Crippen molar-refractivity contribution in [3.05, 3.63) is 64.4 Å². The van der Waals surface area contributed by atoms with Crippen molar-refractivity contribution in [1.82, 2.24) is 15.6 Å². The highest BCUT2D eigenvalue weighted by Gasteiger charge is 2.00. The van der Waals surface area contributed by atoms with E-state index in [4.69, 9.17) is 16.9 Å². The van der Waals surface area contributed by atoms with Crippen LogP contribution in [0.1, 0.15) is 16.7 Å². The quantitative estimate of drug-likeness (QED) is 0.314. The smallest absolute Gasteiger partial charge is 0.191 e. The fourth-order valence-electron chi connectivity index (χ4n) is 2.04. The Kier molecular flexibility index (Phi) is 9.12. The zero-order chi connectivity index (χ0) is 16.5. The summed E-state index contributed by atoms with van der Waals surface area (Å²) < 4.78 is 0. The number of hydrogen-bond donors (Lipinski definition) is 2. The van der Waals surface area contributed by atoms with Crippen LogP contribution in [0.3, 0.4) is 0 Å². The van der Waals surface area contributed by atoms with E-state index < -0.39 is 0 Å². The lowest BCUT2D eigenvalue weighted by Gasteiger charge is -2.12. The Bertz CT molecular complexity index is 710. The van der Waals surface area contributed by atoms with Gasteiger partial charge < -0.3 is 10.6 Å². The number of nitriles is 1. The van der Waals surface area contributed by atoms with E-state index in [9.17, 15) is 0 Å². The van der Waals surface area contributed by atoms with Crippen LogP contribution >= 0.6 is 35.6 Å². The maximum atomic E-state index is 8.91. The van der Waals surface area contributed by atoms with Crippen LogP contribution in [-0.2, 0) is 13.0 Å². The molecule has 0 aliphatic rings.